The van der Waals surface area contributed by atoms with Gasteiger partial charge in [-0.05, 0) is 49.6 Å². The van der Waals surface area contributed by atoms with E-state index < -0.39 is 35.3 Å². The number of nitrogens with zero attached hydrogens (tertiary/aromatic N) is 1. The van der Waals surface area contributed by atoms with Crippen LogP contribution in [-0.2, 0) is 5.92 Å². The van der Waals surface area contributed by atoms with Crippen molar-refractivity contribution < 1.29 is 27.5 Å². The lowest BCUT2D eigenvalue weighted by molar-refractivity contribution is -0.00659. The number of allylic oxidation sites excluding steroid dienone is 1. The summed E-state index contributed by atoms with van der Waals surface area (Å²) in [4.78, 5) is 13.9. The molecule has 8 heteroatoms. The highest BCUT2D eigenvalue weighted by Gasteiger charge is 2.40. The fourth-order valence-electron chi connectivity index (χ4n) is 3.37. The topological polar surface area (TPSA) is 52.6 Å². The molecule has 1 aliphatic heterocycles. The number of amides is 1. The van der Waals surface area contributed by atoms with Gasteiger partial charge in [-0.25, -0.2) is 8.78 Å². The van der Waals surface area contributed by atoms with Crippen LogP contribution >= 0.6 is 0 Å². The standard InChI is InChI=1S/C22H22F4N2O2/c1-13-3-4-15(21(30)27-16-5-6-19(23)20(24)12-16)11-18(13)22(25,26)14(2)28-9-7-17(29)8-10-28/h3-6,11-12,17,29H,2,7-10H2,1H3,(H,27,30). The van der Waals surface area contributed by atoms with E-state index >= 15 is 8.78 Å². The second-order valence-electron chi connectivity index (χ2n) is 7.35. The van der Waals surface area contributed by atoms with Crippen LogP contribution in [0.15, 0.2) is 48.7 Å². The summed E-state index contributed by atoms with van der Waals surface area (Å²) in [5.41, 5.74) is -0.527. The first-order chi connectivity index (χ1) is 14.1. The largest absolute Gasteiger partial charge is 0.393 e. The van der Waals surface area contributed by atoms with Gasteiger partial charge in [0.1, 0.15) is 0 Å². The van der Waals surface area contributed by atoms with Crippen molar-refractivity contribution in [3.63, 3.8) is 0 Å². The molecule has 3 rings (SSSR count). The molecule has 0 saturated carbocycles. The van der Waals surface area contributed by atoms with Gasteiger partial charge in [-0.3, -0.25) is 4.79 Å². The molecule has 1 heterocycles. The Bertz CT molecular complexity index is 970. The van der Waals surface area contributed by atoms with Crippen molar-refractivity contribution in [1.82, 2.24) is 4.90 Å². The lowest BCUT2D eigenvalue weighted by Gasteiger charge is -2.36. The summed E-state index contributed by atoms with van der Waals surface area (Å²) < 4.78 is 56.8. The highest BCUT2D eigenvalue weighted by atomic mass is 19.3. The highest BCUT2D eigenvalue weighted by Crippen LogP contribution is 2.39. The van der Waals surface area contributed by atoms with Crippen molar-refractivity contribution in [1.29, 1.82) is 0 Å². The first kappa shape index (κ1) is 21.8. The smallest absolute Gasteiger partial charge is 0.312 e. The van der Waals surface area contributed by atoms with Crippen molar-refractivity contribution in [2.45, 2.75) is 31.8 Å². The van der Waals surface area contributed by atoms with Crippen LogP contribution in [0.25, 0.3) is 0 Å². The van der Waals surface area contributed by atoms with Gasteiger partial charge in [0.05, 0.1) is 11.8 Å². The van der Waals surface area contributed by atoms with Crippen molar-refractivity contribution >= 4 is 11.6 Å². The van der Waals surface area contributed by atoms with Gasteiger partial charge in [0, 0.05) is 36.0 Å². The molecular formula is C22H22F4N2O2. The predicted molar refractivity (Wildman–Crippen MR) is 105 cm³/mol. The Hall–Kier alpha value is -2.87. The second kappa shape index (κ2) is 8.47. The molecule has 0 atom stereocenters. The summed E-state index contributed by atoms with van der Waals surface area (Å²) in [7, 11) is 0. The predicted octanol–water partition coefficient (Wildman–Crippen LogP) is 4.59. The number of piperidine rings is 1. The van der Waals surface area contributed by atoms with Crippen LogP contribution in [0.1, 0.15) is 34.3 Å². The van der Waals surface area contributed by atoms with Crippen molar-refractivity contribution in [2.24, 2.45) is 0 Å². The van der Waals surface area contributed by atoms with Crippen molar-refractivity contribution in [3.05, 3.63) is 77.0 Å². The molecule has 0 aromatic heterocycles. The minimum Gasteiger partial charge on any atom is -0.393 e. The number of hydrogen-bond donors (Lipinski definition) is 2. The summed E-state index contributed by atoms with van der Waals surface area (Å²) >= 11 is 0. The second-order valence-corrected chi connectivity index (χ2v) is 7.35. The Kier molecular flexibility index (Phi) is 6.17. The average Bonchev–Trinajstić information content (AvgIpc) is 2.71. The van der Waals surface area contributed by atoms with Crippen LogP contribution in [-0.4, -0.2) is 35.1 Å². The summed E-state index contributed by atoms with van der Waals surface area (Å²) in [5, 5.41) is 12.0. The molecule has 1 fully saturated rings. The third-order valence-electron chi connectivity index (χ3n) is 5.22. The van der Waals surface area contributed by atoms with Crippen molar-refractivity contribution in [2.75, 3.05) is 18.4 Å². The lowest BCUT2D eigenvalue weighted by Crippen LogP contribution is -2.40. The van der Waals surface area contributed by atoms with Crippen LogP contribution in [0, 0.1) is 18.6 Å². The van der Waals surface area contributed by atoms with E-state index in [0.29, 0.717) is 12.8 Å². The SMILES string of the molecule is C=C(N1CCC(O)CC1)C(F)(F)c1cc(C(=O)Nc2ccc(F)c(F)c2)ccc1C. The minimum atomic E-state index is -3.43. The number of carbonyl (C=O) groups is 1. The minimum absolute atomic E-state index is 0.00377. The molecule has 4 nitrogen and oxygen atoms in total. The van der Waals surface area contributed by atoms with E-state index in [9.17, 15) is 18.7 Å². The number of nitrogens with one attached hydrogen (secondary N) is 1. The van der Waals surface area contributed by atoms with Gasteiger partial charge >= 0.3 is 5.92 Å². The van der Waals surface area contributed by atoms with Crippen LogP contribution in [0.3, 0.4) is 0 Å². The van der Waals surface area contributed by atoms with E-state index in [0.717, 1.165) is 18.2 Å². The van der Waals surface area contributed by atoms with Gasteiger partial charge in [0.2, 0.25) is 0 Å². The fourth-order valence-corrected chi connectivity index (χ4v) is 3.37. The quantitative estimate of drug-likeness (QED) is 0.694. The Morgan fingerprint density at radius 3 is 2.43 bits per heavy atom. The van der Waals surface area contributed by atoms with Crippen LogP contribution < -0.4 is 5.32 Å². The zero-order valence-corrected chi connectivity index (χ0v) is 16.4. The van der Waals surface area contributed by atoms with Crippen molar-refractivity contribution in [3.8, 4) is 0 Å². The van der Waals surface area contributed by atoms with E-state index in [-0.39, 0.29) is 35.5 Å². The number of benzene rings is 2. The molecule has 0 aliphatic carbocycles. The van der Waals surface area contributed by atoms with E-state index in [2.05, 4.69) is 11.9 Å². The molecule has 2 aromatic rings. The van der Waals surface area contributed by atoms with E-state index in [1.165, 1.54) is 30.0 Å². The number of anilines is 1. The van der Waals surface area contributed by atoms with Gasteiger partial charge in [0.25, 0.3) is 5.91 Å². The third kappa shape index (κ3) is 4.48. The fraction of sp³-hybridized carbons (Fsp3) is 0.318. The number of alkyl halides is 2. The van der Waals surface area contributed by atoms with E-state index in [4.69, 9.17) is 0 Å². The number of carbonyl (C=O) groups excluding carboxylic acids is 1. The maximum Gasteiger partial charge on any atom is 0.312 e. The lowest BCUT2D eigenvalue weighted by atomic mass is 9.96. The van der Waals surface area contributed by atoms with Gasteiger partial charge in [-0.15, -0.1) is 0 Å². The molecule has 1 aliphatic rings. The summed E-state index contributed by atoms with van der Waals surface area (Å²) in [6.07, 6.45) is 0.253. The van der Waals surface area contributed by atoms with Crippen LogP contribution in [0.5, 0.6) is 0 Å². The molecule has 0 spiro atoms. The third-order valence-corrected chi connectivity index (χ3v) is 5.22. The van der Waals surface area contributed by atoms with Gasteiger partial charge in [0.15, 0.2) is 11.6 Å². The molecule has 1 saturated heterocycles. The number of likely N-dealkylation sites (tertiary alicyclic amines) is 1. The number of hydrogen-bond acceptors (Lipinski definition) is 3. The first-order valence-electron chi connectivity index (χ1n) is 9.47. The molecule has 2 aromatic carbocycles. The normalized spacial score (nSPS) is 15.2. The van der Waals surface area contributed by atoms with Crippen LogP contribution in [0.4, 0.5) is 23.2 Å². The first-order valence-corrected chi connectivity index (χ1v) is 9.47. The number of halogens is 4. The monoisotopic (exact) mass is 422 g/mol. The summed E-state index contributed by atoms with van der Waals surface area (Å²) in [6, 6.07) is 6.70. The number of aliphatic hydroxyl groups excluding tert-OH is 1. The Balaban J connectivity index is 1.83. The maximum absolute atomic E-state index is 15.2. The molecule has 30 heavy (non-hydrogen) atoms. The zero-order chi connectivity index (χ0) is 22.1. The molecular weight excluding hydrogens is 400 g/mol. The van der Waals surface area contributed by atoms with E-state index in [1.807, 2.05) is 0 Å². The molecule has 2 N–H and O–H groups in total. The van der Waals surface area contributed by atoms with Crippen LogP contribution in [0.2, 0.25) is 0 Å². The Morgan fingerprint density at radius 2 is 1.80 bits per heavy atom. The molecule has 160 valence electrons. The summed E-state index contributed by atoms with van der Waals surface area (Å²) in [6.45, 7) is 5.61. The maximum atomic E-state index is 15.2. The average molecular weight is 422 g/mol. The van der Waals surface area contributed by atoms with Gasteiger partial charge < -0.3 is 15.3 Å². The number of aliphatic hydroxyl groups is 1. The zero-order valence-electron chi connectivity index (χ0n) is 16.4. The number of rotatable bonds is 5. The molecule has 0 bridgehead atoms. The van der Waals surface area contributed by atoms with Gasteiger partial charge in [-0.1, -0.05) is 12.6 Å². The van der Waals surface area contributed by atoms with Gasteiger partial charge in [-0.2, -0.15) is 8.78 Å². The Morgan fingerprint density at radius 1 is 1.13 bits per heavy atom. The highest BCUT2D eigenvalue weighted by molar-refractivity contribution is 6.04. The Labute approximate surface area is 171 Å². The van der Waals surface area contributed by atoms with E-state index in [1.54, 1.807) is 0 Å². The molecule has 1 amide bonds. The summed E-state index contributed by atoms with van der Waals surface area (Å²) in [5.74, 6) is -6.35. The number of aryl methyl sites for hydroxylation is 1. The molecule has 0 radical (unpaired) electrons. The molecule has 0 unspecified atom stereocenters.